The van der Waals surface area contributed by atoms with Crippen LogP contribution < -0.4 is 20.1 Å². The summed E-state index contributed by atoms with van der Waals surface area (Å²) in [4.78, 5) is 16.6. The molecule has 0 unspecified atom stereocenters. The molecule has 0 spiro atoms. The number of aromatic nitrogens is 1. The molecule has 6 heteroatoms. The topological polar surface area (TPSA) is 72.5 Å². The van der Waals surface area contributed by atoms with Crippen molar-refractivity contribution in [2.45, 2.75) is 19.8 Å². The first-order valence-corrected chi connectivity index (χ1v) is 7.91. The molecule has 24 heavy (non-hydrogen) atoms. The first-order chi connectivity index (χ1) is 11.7. The minimum absolute atomic E-state index is 0.304. The zero-order chi connectivity index (χ0) is 17.4. The molecule has 128 valence electrons. The highest BCUT2D eigenvalue weighted by molar-refractivity contribution is 6.03. The third-order valence-corrected chi connectivity index (χ3v) is 3.51. The summed E-state index contributed by atoms with van der Waals surface area (Å²) in [5.41, 5.74) is 1.77. The lowest BCUT2D eigenvalue weighted by atomic mass is 10.2. The molecule has 0 aliphatic carbocycles. The number of hydrogen-bond acceptors (Lipinski definition) is 5. The molecule has 0 radical (unpaired) electrons. The lowest BCUT2D eigenvalue weighted by Gasteiger charge is -2.12. The first kappa shape index (κ1) is 17.6. The van der Waals surface area contributed by atoms with Crippen molar-refractivity contribution in [2.75, 3.05) is 31.4 Å². The molecular weight excluding hydrogens is 306 g/mol. The fraction of sp³-hybridized carbons (Fsp3) is 0.333. The van der Waals surface area contributed by atoms with Gasteiger partial charge in [-0.05, 0) is 30.7 Å². The summed E-state index contributed by atoms with van der Waals surface area (Å²) in [6, 6.07) is 8.75. The van der Waals surface area contributed by atoms with E-state index in [0.29, 0.717) is 22.9 Å². The molecule has 1 heterocycles. The Kier molecular flexibility index (Phi) is 6.42. The number of anilines is 2. The standard InChI is InChI=1S/C18H23N3O3/c1-4-5-10-19-13-6-8-15(20-12-13)18(22)21-16-11-14(23-2)7-9-17(16)24-3/h6-9,11-12,19H,4-5,10H2,1-3H3,(H,21,22). The van der Waals surface area contributed by atoms with Gasteiger partial charge in [-0.15, -0.1) is 0 Å². The van der Waals surface area contributed by atoms with Crippen LogP contribution in [0.5, 0.6) is 11.5 Å². The molecule has 1 aromatic carbocycles. The molecule has 2 N–H and O–H groups in total. The third kappa shape index (κ3) is 4.62. The second-order valence-corrected chi connectivity index (χ2v) is 5.23. The molecule has 0 aliphatic heterocycles. The number of ether oxygens (including phenoxy) is 2. The van der Waals surface area contributed by atoms with Crippen molar-refractivity contribution >= 4 is 17.3 Å². The smallest absolute Gasteiger partial charge is 0.274 e. The molecule has 0 bridgehead atoms. The van der Waals surface area contributed by atoms with E-state index in [2.05, 4.69) is 22.5 Å². The quantitative estimate of drug-likeness (QED) is 0.725. The Morgan fingerprint density at radius 2 is 2.00 bits per heavy atom. The molecule has 2 rings (SSSR count). The Bertz CT molecular complexity index is 672. The van der Waals surface area contributed by atoms with E-state index in [9.17, 15) is 4.79 Å². The number of benzene rings is 1. The zero-order valence-corrected chi connectivity index (χ0v) is 14.3. The number of methoxy groups -OCH3 is 2. The number of carbonyl (C=O) groups excluding carboxylic acids is 1. The van der Waals surface area contributed by atoms with Gasteiger partial charge >= 0.3 is 0 Å². The second-order valence-electron chi connectivity index (χ2n) is 5.23. The van der Waals surface area contributed by atoms with Gasteiger partial charge in [0.1, 0.15) is 17.2 Å². The third-order valence-electron chi connectivity index (χ3n) is 3.51. The van der Waals surface area contributed by atoms with Crippen LogP contribution in [0.3, 0.4) is 0 Å². The van der Waals surface area contributed by atoms with Gasteiger partial charge in [-0.25, -0.2) is 4.98 Å². The summed E-state index contributed by atoms with van der Waals surface area (Å²) in [7, 11) is 3.12. The minimum Gasteiger partial charge on any atom is -0.497 e. The van der Waals surface area contributed by atoms with Crippen molar-refractivity contribution in [3.63, 3.8) is 0 Å². The predicted molar refractivity (Wildman–Crippen MR) is 95.1 cm³/mol. The molecule has 6 nitrogen and oxygen atoms in total. The van der Waals surface area contributed by atoms with Crippen molar-refractivity contribution in [1.29, 1.82) is 0 Å². The van der Waals surface area contributed by atoms with Crippen LogP contribution in [0.4, 0.5) is 11.4 Å². The van der Waals surface area contributed by atoms with Gasteiger partial charge in [0.2, 0.25) is 0 Å². The van der Waals surface area contributed by atoms with Gasteiger partial charge in [-0.1, -0.05) is 13.3 Å². The SMILES string of the molecule is CCCCNc1ccc(C(=O)Nc2cc(OC)ccc2OC)nc1. The van der Waals surface area contributed by atoms with E-state index in [0.717, 1.165) is 25.1 Å². The summed E-state index contributed by atoms with van der Waals surface area (Å²) in [5.74, 6) is 0.887. The molecule has 0 atom stereocenters. The maximum Gasteiger partial charge on any atom is 0.274 e. The lowest BCUT2D eigenvalue weighted by molar-refractivity contribution is 0.102. The van der Waals surface area contributed by atoms with Crippen LogP contribution in [-0.2, 0) is 0 Å². The van der Waals surface area contributed by atoms with Crippen LogP contribution >= 0.6 is 0 Å². The molecule has 1 amide bonds. The molecular formula is C18H23N3O3. The molecule has 0 saturated heterocycles. The Hall–Kier alpha value is -2.76. The fourth-order valence-corrected chi connectivity index (χ4v) is 2.14. The zero-order valence-electron chi connectivity index (χ0n) is 14.3. The summed E-state index contributed by atoms with van der Waals surface area (Å²) in [6.45, 7) is 3.03. The van der Waals surface area contributed by atoms with Gasteiger partial charge in [0.05, 0.1) is 31.8 Å². The Balaban J connectivity index is 2.06. The number of pyridine rings is 1. The normalized spacial score (nSPS) is 10.1. The number of nitrogens with zero attached hydrogens (tertiary/aromatic N) is 1. The lowest BCUT2D eigenvalue weighted by Crippen LogP contribution is -2.14. The highest BCUT2D eigenvalue weighted by atomic mass is 16.5. The van der Waals surface area contributed by atoms with E-state index in [1.54, 1.807) is 44.7 Å². The van der Waals surface area contributed by atoms with Gasteiger partial charge in [0.25, 0.3) is 5.91 Å². The first-order valence-electron chi connectivity index (χ1n) is 7.91. The minimum atomic E-state index is -0.304. The van der Waals surface area contributed by atoms with Crippen LogP contribution in [0.15, 0.2) is 36.5 Å². The van der Waals surface area contributed by atoms with E-state index in [1.807, 2.05) is 6.07 Å². The van der Waals surface area contributed by atoms with Crippen LogP contribution in [0.1, 0.15) is 30.3 Å². The van der Waals surface area contributed by atoms with Gasteiger partial charge in [-0.3, -0.25) is 4.79 Å². The van der Waals surface area contributed by atoms with Crippen molar-refractivity contribution in [1.82, 2.24) is 4.98 Å². The van der Waals surface area contributed by atoms with Crippen LogP contribution in [0, 0.1) is 0 Å². The van der Waals surface area contributed by atoms with Crippen molar-refractivity contribution in [3.05, 3.63) is 42.2 Å². The summed E-state index contributed by atoms with van der Waals surface area (Å²) < 4.78 is 10.4. The number of hydrogen-bond donors (Lipinski definition) is 2. The van der Waals surface area contributed by atoms with E-state index < -0.39 is 0 Å². The average Bonchev–Trinajstić information content (AvgIpc) is 2.62. The maximum atomic E-state index is 12.4. The van der Waals surface area contributed by atoms with Crippen molar-refractivity contribution in [3.8, 4) is 11.5 Å². The molecule has 0 aliphatic rings. The molecule has 1 aromatic heterocycles. The largest absolute Gasteiger partial charge is 0.497 e. The van der Waals surface area contributed by atoms with Gasteiger partial charge < -0.3 is 20.1 Å². The Labute approximate surface area is 142 Å². The second kappa shape index (κ2) is 8.76. The summed E-state index contributed by atoms with van der Waals surface area (Å²) in [5, 5.41) is 6.06. The number of rotatable bonds is 8. The van der Waals surface area contributed by atoms with Gasteiger partial charge in [0, 0.05) is 12.6 Å². The highest BCUT2D eigenvalue weighted by Gasteiger charge is 2.12. The highest BCUT2D eigenvalue weighted by Crippen LogP contribution is 2.29. The van der Waals surface area contributed by atoms with Crippen molar-refractivity contribution < 1.29 is 14.3 Å². The van der Waals surface area contributed by atoms with Crippen molar-refractivity contribution in [2.24, 2.45) is 0 Å². The number of nitrogens with one attached hydrogen (secondary N) is 2. The maximum absolute atomic E-state index is 12.4. The number of unbranched alkanes of at least 4 members (excludes halogenated alkanes) is 1. The fourth-order valence-electron chi connectivity index (χ4n) is 2.14. The Morgan fingerprint density at radius 1 is 1.17 bits per heavy atom. The van der Waals surface area contributed by atoms with E-state index in [-0.39, 0.29) is 5.91 Å². The number of carbonyl (C=O) groups is 1. The van der Waals surface area contributed by atoms with Crippen LogP contribution in [0.25, 0.3) is 0 Å². The van der Waals surface area contributed by atoms with E-state index in [4.69, 9.17) is 9.47 Å². The average molecular weight is 329 g/mol. The number of amides is 1. The molecule has 0 fully saturated rings. The predicted octanol–water partition coefficient (Wildman–Crippen LogP) is 3.56. The molecule has 2 aromatic rings. The van der Waals surface area contributed by atoms with Gasteiger partial charge in [-0.2, -0.15) is 0 Å². The van der Waals surface area contributed by atoms with Crippen LogP contribution in [0.2, 0.25) is 0 Å². The van der Waals surface area contributed by atoms with E-state index >= 15 is 0 Å². The summed E-state index contributed by atoms with van der Waals surface area (Å²) in [6.07, 6.45) is 3.88. The van der Waals surface area contributed by atoms with Crippen LogP contribution in [-0.4, -0.2) is 31.7 Å². The molecule has 0 saturated carbocycles. The monoisotopic (exact) mass is 329 g/mol. The van der Waals surface area contributed by atoms with E-state index in [1.165, 1.54) is 0 Å². The van der Waals surface area contributed by atoms with Gasteiger partial charge in [0.15, 0.2) is 0 Å². The summed E-state index contributed by atoms with van der Waals surface area (Å²) >= 11 is 0. The Morgan fingerprint density at radius 3 is 2.62 bits per heavy atom.